The summed E-state index contributed by atoms with van der Waals surface area (Å²) in [4.78, 5) is 19.6. The lowest BCUT2D eigenvalue weighted by Crippen LogP contribution is -2.32. The van der Waals surface area contributed by atoms with Crippen molar-refractivity contribution >= 4 is 32.6 Å². The van der Waals surface area contributed by atoms with E-state index in [0.29, 0.717) is 46.7 Å². The minimum Gasteiger partial charge on any atom is -0.456 e. The first-order valence-corrected chi connectivity index (χ1v) is 11.1. The summed E-state index contributed by atoms with van der Waals surface area (Å²) in [6.07, 6.45) is 4.36. The largest absolute Gasteiger partial charge is 0.456 e. The van der Waals surface area contributed by atoms with Crippen LogP contribution in [0.25, 0.3) is 22.4 Å². The van der Waals surface area contributed by atoms with Crippen molar-refractivity contribution in [2.75, 3.05) is 19.5 Å². The zero-order valence-electron chi connectivity index (χ0n) is 15.2. The molecule has 12 heteroatoms. The van der Waals surface area contributed by atoms with Crippen LogP contribution in [0.2, 0.25) is 5.02 Å². The van der Waals surface area contributed by atoms with Gasteiger partial charge in [-0.15, -0.1) is 0 Å². The summed E-state index contributed by atoms with van der Waals surface area (Å²) in [5.74, 6) is 0. The average molecular weight is 438 g/mol. The molecule has 2 fully saturated rings. The number of pyridine rings is 1. The number of fused-ring (bicyclic) bond motifs is 2. The maximum absolute atomic E-state index is 11.5. The van der Waals surface area contributed by atoms with Gasteiger partial charge in [0.15, 0.2) is 11.8 Å². The Morgan fingerprint density at radius 2 is 2.03 bits per heavy atom. The molecular weight excluding hydrogens is 422 g/mol. The van der Waals surface area contributed by atoms with Gasteiger partial charge in [-0.05, 0) is 12.5 Å². The minimum absolute atomic E-state index is 0.0680. The van der Waals surface area contributed by atoms with Crippen LogP contribution in [-0.2, 0) is 19.3 Å². The molecule has 29 heavy (non-hydrogen) atoms. The van der Waals surface area contributed by atoms with Crippen LogP contribution in [0.4, 0.5) is 0 Å². The first kappa shape index (κ1) is 18.7. The third-order valence-corrected chi connectivity index (χ3v) is 5.98. The van der Waals surface area contributed by atoms with E-state index < -0.39 is 9.84 Å². The van der Waals surface area contributed by atoms with Gasteiger partial charge in [0.25, 0.3) is 6.01 Å². The van der Waals surface area contributed by atoms with Crippen LogP contribution < -0.4 is 4.74 Å². The van der Waals surface area contributed by atoms with Crippen molar-refractivity contribution in [3.63, 3.8) is 0 Å². The van der Waals surface area contributed by atoms with E-state index in [2.05, 4.69) is 24.9 Å². The predicted molar refractivity (Wildman–Crippen MR) is 102 cm³/mol. The fourth-order valence-electron chi connectivity index (χ4n) is 3.46. The summed E-state index contributed by atoms with van der Waals surface area (Å²) in [5.41, 5.74) is 1.86. The second-order valence-electron chi connectivity index (χ2n) is 6.91. The molecule has 10 nitrogen and oxygen atoms in total. The van der Waals surface area contributed by atoms with Crippen LogP contribution in [-0.4, -0.2) is 71.1 Å². The molecule has 0 aliphatic carbocycles. The molecule has 3 aromatic heterocycles. The van der Waals surface area contributed by atoms with E-state index in [4.69, 9.17) is 25.8 Å². The lowest BCUT2D eigenvalue weighted by molar-refractivity contribution is 0.0273. The number of rotatable bonds is 4. The van der Waals surface area contributed by atoms with Gasteiger partial charge in [0.05, 0.1) is 28.9 Å². The van der Waals surface area contributed by atoms with Gasteiger partial charge in [0.1, 0.15) is 6.10 Å². The number of aromatic amines is 1. The molecule has 3 aromatic rings. The third-order valence-electron chi connectivity index (χ3n) is 4.82. The Kier molecular flexibility index (Phi) is 4.42. The van der Waals surface area contributed by atoms with E-state index in [9.17, 15) is 8.42 Å². The monoisotopic (exact) mass is 437 g/mol. The molecule has 2 aliphatic heterocycles. The van der Waals surface area contributed by atoms with E-state index >= 15 is 0 Å². The lowest BCUT2D eigenvalue weighted by atomic mass is 10.1. The summed E-state index contributed by atoms with van der Waals surface area (Å²) in [6, 6.07) is 1.97. The number of sulfone groups is 1. The quantitative estimate of drug-likeness (QED) is 0.602. The van der Waals surface area contributed by atoms with Crippen LogP contribution in [0.15, 0.2) is 23.6 Å². The highest BCUT2D eigenvalue weighted by molar-refractivity contribution is 7.90. The van der Waals surface area contributed by atoms with Gasteiger partial charge in [-0.1, -0.05) is 11.6 Å². The first-order valence-electron chi connectivity index (χ1n) is 8.87. The summed E-state index contributed by atoms with van der Waals surface area (Å²) in [6.45, 7) is 1.10. The van der Waals surface area contributed by atoms with Crippen LogP contribution in [0.3, 0.4) is 0 Å². The van der Waals surface area contributed by atoms with E-state index in [0.717, 1.165) is 12.7 Å². The number of imidazole rings is 1. The van der Waals surface area contributed by atoms with Crippen LogP contribution >= 0.6 is 11.6 Å². The van der Waals surface area contributed by atoms with Crippen LogP contribution in [0.5, 0.6) is 6.01 Å². The zero-order valence-corrected chi connectivity index (χ0v) is 16.8. The molecule has 2 saturated heterocycles. The smallest absolute Gasteiger partial charge is 0.296 e. The van der Waals surface area contributed by atoms with Crippen molar-refractivity contribution in [1.82, 2.24) is 24.9 Å². The summed E-state index contributed by atoms with van der Waals surface area (Å²) in [7, 11) is -3.49. The van der Waals surface area contributed by atoms with Gasteiger partial charge in [0.2, 0.25) is 15.0 Å². The van der Waals surface area contributed by atoms with Crippen molar-refractivity contribution in [3.05, 3.63) is 23.5 Å². The number of hydrogen-bond acceptors (Lipinski definition) is 9. The van der Waals surface area contributed by atoms with Crippen molar-refractivity contribution in [3.8, 4) is 17.3 Å². The lowest BCUT2D eigenvalue weighted by Gasteiger charge is -2.15. The molecule has 0 aromatic carbocycles. The third kappa shape index (κ3) is 3.44. The SMILES string of the molecule is CS(=O)(=O)c1ncc(-c2nc3nc(OC4COC5CCOC54)[nH]c3cc2Cl)cn1. The number of H-pyrrole nitrogens is 1. The minimum atomic E-state index is -3.49. The normalized spacial score (nSPS) is 24.1. The topological polar surface area (TPSA) is 129 Å². The number of hydrogen-bond donors (Lipinski definition) is 1. The first-order chi connectivity index (χ1) is 13.9. The molecule has 5 heterocycles. The Morgan fingerprint density at radius 1 is 1.24 bits per heavy atom. The van der Waals surface area contributed by atoms with Gasteiger partial charge in [-0.3, -0.25) is 0 Å². The van der Waals surface area contributed by atoms with E-state index in [1.54, 1.807) is 6.07 Å². The Labute approximate surface area is 170 Å². The molecule has 152 valence electrons. The highest BCUT2D eigenvalue weighted by atomic mass is 35.5. The molecule has 3 unspecified atom stereocenters. The van der Waals surface area contributed by atoms with Gasteiger partial charge >= 0.3 is 0 Å². The maximum atomic E-state index is 11.5. The van der Waals surface area contributed by atoms with E-state index in [1.807, 2.05) is 0 Å². The molecule has 2 aliphatic rings. The molecule has 0 bridgehead atoms. The Balaban J connectivity index is 1.44. The van der Waals surface area contributed by atoms with Crippen molar-refractivity contribution in [1.29, 1.82) is 0 Å². The van der Waals surface area contributed by atoms with E-state index in [1.165, 1.54) is 12.4 Å². The predicted octanol–water partition coefficient (Wildman–Crippen LogP) is 1.41. The fourth-order valence-corrected chi connectivity index (χ4v) is 4.21. The highest BCUT2D eigenvalue weighted by Gasteiger charge is 2.43. The Hall–Kier alpha value is -2.34. The molecule has 1 N–H and O–H groups in total. The molecule has 0 saturated carbocycles. The van der Waals surface area contributed by atoms with Crippen LogP contribution in [0, 0.1) is 0 Å². The second kappa shape index (κ2) is 6.87. The second-order valence-corrected chi connectivity index (χ2v) is 9.23. The van der Waals surface area contributed by atoms with E-state index in [-0.39, 0.29) is 23.5 Å². The van der Waals surface area contributed by atoms with Crippen molar-refractivity contribution in [2.24, 2.45) is 0 Å². The van der Waals surface area contributed by atoms with Gasteiger partial charge in [-0.2, -0.15) is 4.98 Å². The maximum Gasteiger partial charge on any atom is 0.296 e. The Bertz CT molecular complexity index is 1180. The average Bonchev–Trinajstić information content (AvgIpc) is 3.37. The number of nitrogens with one attached hydrogen (secondary N) is 1. The molecule has 0 amide bonds. The summed E-state index contributed by atoms with van der Waals surface area (Å²) in [5, 5.41) is 0.0759. The molecule has 5 rings (SSSR count). The summed E-state index contributed by atoms with van der Waals surface area (Å²) >= 11 is 6.36. The van der Waals surface area contributed by atoms with Gasteiger partial charge in [-0.25, -0.2) is 23.4 Å². The zero-order chi connectivity index (χ0) is 20.2. The van der Waals surface area contributed by atoms with Crippen molar-refractivity contribution in [2.45, 2.75) is 29.9 Å². The summed E-state index contributed by atoms with van der Waals surface area (Å²) < 4.78 is 40.3. The van der Waals surface area contributed by atoms with Gasteiger partial charge in [0, 0.05) is 30.8 Å². The molecule has 0 radical (unpaired) electrons. The van der Waals surface area contributed by atoms with Crippen LogP contribution in [0.1, 0.15) is 6.42 Å². The van der Waals surface area contributed by atoms with Crippen molar-refractivity contribution < 1.29 is 22.6 Å². The number of aromatic nitrogens is 5. The molecule has 3 atom stereocenters. The molecular formula is C17H16ClN5O5S. The highest BCUT2D eigenvalue weighted by Crippen LogP contribution is 2.31. The number of ether oxygens (including phenoxy) is 3. The number of nitrogens with zero attached hydrogens (tertiary/aromatic N) is 4. The van der Waals surface area contributed by atoms with Gasteiger partial charge < -0.3 is 19.2 Å². The Morgan fingerprint density at radius 3 is 2.79 bits per heavy atom. The standard InChI is InChI=1S/C17H16ClN5O5S/c1-29(24,25)17-19-5-8(6-20-17)13-9(18)4-10-15(22-13)23-16(21-10)28-12-7-27-11-2-3-26-14(11)12/h4-6,11-12,14H,2-3,7H2,1H3,(H,21,22,23). The molecule has 0 spiro atoms. The fraction of sp³-hybridized carbons (Fsp3) is 0.412. The number of halogens is 1.